The molecule has 11 rings (SSSR count). The predicted molar refractivity (Wildman–Crippen MR) is 229 cm³/mol. The molecule has 0 bridgehead atoms. The highest BCUT2D eigenvalue weighted by atomic mass is 16.5. The zero-order valence-electron chi connectivity index (χ0n) is 31.2. The average molecular weight is 741 g/mol. The molecule has 5 nitrogen and oxygen atoms in total. The summed E-state index contributed by atoms with van der Waals surface area (Å²) in [7, 11) is 0. The summed E-state index contributed by atoms with van der Waals surface area (Å²) in [6.07, 6.45) is 0. The van der Waals surface area contributed by atoms with Crippen LogP contribution in [0.5, 0.6) is 11.5 Å². The molecule has 0 radical (unpaired) electrons. The third-order valence-corrected chi connectivity index (χ3v) is 11.5. The van der Waals surface area contributed by atoms with Crippen LogP contribution in [0.3, 0.4) is 0 Å². The van der Waals surface area contributed by atoms with Gasteiger partial charge in [-0.05, 0) is 74.8 Å². The second-order valence-electron chi connectivity index (χ2n) is 14.7. The average Bonchev–Trinajstić information content (AvgIpc) is 3.59. The number of para-hydroxylation sites is 1. The molecule has 1 aliphatic carbocycles. The van der Waals surface area contributed by atoms with E-state index in [0.717, 1.165) is 61.6 Å². The third-order valence-electron chi connectivity index (χ3n) is 11.5. The Bertz CT molecular complexity index is 3050. The molecule has 0 unspecified atom stereocenters. The zero-order valence-corrected chi connectivity index (χ0v) is 31.2. The van der Waals surface area contributed by atoms with Crippen molar-refractivity contribution in [3.8, 4) is 85.1 Å². The van der Waals surface area contributed by atoms with E-state index in [1.165, 1.54) is 22.3 Å². The number of rotatable bonds is 5. The van der Waals surface area contributed by atoms with Crippen molar-refractivity contribution in [2.24, 2.45) is 0 Å². The molecular weight excluding hydrogens is 709 g/mol. The van der Waals surface area contributed by atoms with E-state index in [9.17, 15) is 5.26 Å². The molecule has 2 heterocycles. The summed E-state index contributed by atoms with van der Waals surface area (Å²) in [5, 5.41) is 9.21. The summed E-state index contributed by atoms with van der Waals surface area (Å²) < 4.78 is 6.81. The van der Waals surface area contributed by atoms with Gasteiger partial charge >= 0.3 is 0 Å². The number of hydrogen-bond acceptors (Lipinski definition) is 5. The van der Waals surface area contributed by atoms with Gasteiger partial charge in [-0.2, -0.15) is 5.26 Å². The molecule has 2 aliphatic rings. The fourth-order valence-corrected chi connectivity index (χ4v) is 8.78. The maximum atomic E-state index is 9.21. The van der Waals surface area contributed by atoms with E-state index >= 15 is 0 Å². The molecule has 1 aromatic heterocycles. The van der Waals surface area contributed by atoms with Gasteiger partial charge in [0.15, 0.2) is 17.5 Å². The fraction of sp³-hybridized carbons (Fsp3) is 0.0189. The summed E-state index contributed by atoms with van der Waals surface area (Å²) in [6.45, 7) is 0. The first-order valence-corrected chi connectivity index (χ1v) is 19.3. The van der Waals surface area contributed by atoms with E-state index in [-0.39, 0.29) is 0 Å². The van der Waals surface area contributed by atoms with Crippen LogP contribution in [0, 0.1) is 11.3 Å². The van der Waals surface area contributed by atoms with E-state index < -0.39 is 5.41 Å². The van der Waals surface area contributed by atoms with Gasteiger partial charge in [0.25, 0.3) is 0 Å². The predicted octanol–water partition coefficient (Wildman–Crippen LogP) is 12.5. The van der Waals surface area contributed by atoms with Crippen LogP contribution in [0.15, 0.2) is 194 Å². The van der Waals surface area contributed by atoms with Crippen molar-refractivity contribution < 1.29 is 4.74 Å². The topological polar surface area (TPSA) is 71.7 Å². The van der Waals surface area contributed by atoms with Gasteiger partial charge in [0.1, 0.15) is 11.5 Å². The SMILES string of the molecule is N#Cc1ccc(-c2ccc(-c3cccc(-c4nc(-c5ccccc5)nc(-c5ccc6c(c5)Oc5ccccc5C65c6ccccc6-c6ccccc65)n4)c3)cc2)cc1. The van der Waals surface area contributed by atoms with Gasteiger partial charge in [0.2, 0.25) is 0 Å². The second-order valence-corrected chi connectivity index (χ2v) is 14.7. The van der Waals surface area contributed by atoms with Crippen molar-refractivity contribution in [1.29, 1.82) is 5.26 Å². The number of fused-ring (bicyclic) bond motifs is 9. The first-order valence-electron chi connectivity index (χ1n) is 19.3. The van der Waals surface area contributed by atoms with Crippen LogP contribution in [0.1, 0.15) is 27.8 Å². The molecular formula is C53H32N4O. The molecule has 1 spiro atoms. The van der Waals surface area contributed by atoms with Crippen molar-refractivity contribution in [2.45, 2.75) is 5.41 Å². The zero-order chi connectivity index (χ0) is 38.6. The first-order chi connectivity index (χ1) is 28.7. The Morgan fingerprint density at radius 1 is 0.362 bits per heavy atom. The van der Waals surface area contributed by atoms with Crippen molar-refractivity contribution in [2.75, 3.05) is 0 Å². The van der Waals surface area contributed by atoms with E-state index in [1.54, 1.807) is 0 Å². The van der Waals surface area contributed by atoms with Gasteiger partial charge < -0.3 is 4.74 Å². The summed E-state index contributed by atoms with van der Waals surface area (Å²) in [4.78, 5) is 15.3. The Morgan fingerprint density at radius 2 is 0.828 bits per heavy atom. The molecule has 0 atom stereocenters. The molecule has 5 heteroatoms. The summed E-state index contributed by atoms with van der Waals surface area (Å²) in [5.74, 6) is 3.35. The molecule has 0 N–H and O–H groups in total. The highest BCUT2D eigenvalue weighted by Crippen LogP contribution is 2.62. The fourth-order valence-electron chi connectivity index (χ4n) is 8.78. The maximum Gasteiger partial charge on any atom is 0.164 e. The smallest absolute Gasteiger partial charge is 0.164 e. The lowest BCUT2D eigenvalue weighted by Gasteiger charge is -2.39. The number of benzene rings is 8. The second kappa shape index (κ2) is 13.4. The minimum atomic E-state index is -0.546. The lowest BCUT2D eigenvalue weighted by atomic mass is 9.66. The number of nitriles is 1. The number of ether oxygens (including phenoxy) is 1. The number of hydrogen-bond donors (Lipinski definition) is 0. The van der Waals surface area contributed by atoms with E-state index in [0.29, 0.717) is 23.0 Å². The molecule has 0 saturated heterocycles. The van der Waals surface area contributed by atoms with Crippen molar-refractivity contribution in [3.63, 3.8) is 0 Å². The van der Waals surface area contributed by atoms with E-state index in [1.807, 2.05) is 72.8 Å². The monoisotopic (exact) mass is 740 g/mol. The molecule has 8 aromatic carbocycles. The molecule has 9 aromatic rings. The van der Waals surface area contributed by atoms with Crippen LogP contribution in [-0.2, 0) is 5.41 Å². The Hall–Kier alpha value is -7.94. The van der Waals surface area contributed by atoms with Crippen molar-refractivity contribution >= 4 is 0 Å². The van der Waals surface area contributed by atoms with Crippen LogP contribution in [0.2, 0.25) is 0 Å². The Kier molecular flexibility index (Phi) is 7.70. The number of aromatic nitrogens is 3. The quantitative estimate of drug-likeness (QED) is 0.176. The standard InChI is InChI=1S/C53H32N4O/c54-33-34-21-23-35(24-22-34)36-25-27-37(28-26-36)39-13-10-14-40(31-39)51-55-50(38-11-2-1-3-12-38)56-52(57-51)41-29-30-47-49(32-41)58-48-20-9-8-19-46(48)53(47)44-17-6-4-15-42(44)43-16-5-7-18-45(43)53/h1-32H. The Labute approximate surface area is 336 Å². The van der Waals surface area contributed by atoms with Gasteiger partial charge in [-0.3, -0.25) is 0 Å². The van der Waals surface area contributed by atoms with Gasteiger partial charge in [-0.15, -0.1) is 0 Å². The summed E-state index contributed by atoms with van der Waals surface area (Å²) >= 11 is 0. The van der Waals surface area contributed by atoms with Crippen LogP contribution in [-0.4, -0.2) is 15.0 Å². The highest BCUT2D eigenvalue weighted by Gasteiger charge is 2.50. The Balaban J connectivity index is 1.03. The van der Waals surface area contributed by atoms with E-state index in [4.69, 9.17) is 19.7 Å². The minimum Gasteiger partial charge on any atom is -0.457 e. The van der Waals surface area contributed by atoms with Crippen LogP contribution in [0.4, 0.5) is 0 Å². The highest BCUT2D eigenvalue weighted by molar-refractivity contribution is 5.89. The van der Waals surface area contributed by atoms with E-state index in [2.05, 4.69) is 127 Å². The lowest BCUT2D eigenvalue weighted by Crippen LogP contribution is -2.32. The molecule has 1 aliphatic heterocycles. The molecule has 58 heavy (non-hydrogen) atoms. The molecule has 0 saturated carbocycles. The van der Waals surface area contributed by atoms with Gasteiger partial charge in [-0.1, -0.05) is 164 Å². The Morgan fingerprint density at radius 3 is 1.48 bits per heavy atom. The normalized spacial score (nSPS) is 12.7. The maximum absolute atomic E-state index is 9.21. The lowest BCUT2D eigenvalue weighted by molar-refractivity contribution is 0.436. The van der Waals surface area contributed by atoms with Crippen molar-refractivity contribution in [3.05, 3.63) is 222 Å². The summed E-state index contributed by atoms with van der Waals surface area (Å²) in [5.41, 5.74) is 14.2. The van der Waals surface area contributed by atoms with Gasteiger partial charge in [0, 0.05) is 27.8 Å². The molecule has 270 valence electrons. The van der Waals surface area contributed by atoms with Crippen LogP contribution in [0.25, 0.3) is 67.5 Å². The van der Waals surface area contributed by atoms with Crippen molar-refractivity contribution in [1.82, 2.24) is 15.0 Å². The van der Waals surface area contributed by atoms with Gasteiger partial charge in [-0.25, -0.2) is 15.0 Å². The number of nitrogens with zero attached hydrogens (tertiary/aromatic N) is 4. The summed E-state index contributed by atoms with van der Waals surface area (Å²) in [6, 6.07) is 69.0. The molecule has 0 amide bonds. The third kappa shape index (κ3) is 5.27. The minimum absolute atomic E-state index is 0.546. The van der Waals surface area contributed by atoms with Crippen LogP contribution >= 0.6 is 0 Å². The van der Waals surface area contributed by atoms with Crippen LogP contribution < -0.4 is 4.74 Å². The molecule has 0 fully saturated rings. The largest absolute Gasteiger partial charge is 0.457 e. The van der Waals surface area contributed by atoms with Gasteiger partial charge in [0.05, 0.1) is 17.0 Å². The first kappa shape index (κ1) is 33.4.